The van der Waals surface area contributed by atoms with Gasteiger partial charge in [-0.25, -0.2) is 0 Å². The van der Waals surface area contributed by atoms with Gasteiger partial charge in [0.2, 0.25) is 11.1 Å². The van der Waals surface area contributed by atoms with Crippen molar-refractivity contribution in [2.45, 2.75) is 23.4 Å². The molecular weight excluding hydrogens is 736 g/mol. The monoisotopic (exact) mass is 752 g/mol. The normalized spacial score (nSPS) is 23.3. The van der Waals surface area contributed by atoms with Crippen molar-refractivity contribution in [1.82, 2.24) is 5.32 Å². The zero-order chi connectivity index (χ0) is 21.8. The molecule has 0 radical (unpaired) electrons. The summed E-state index contributed by atoms with van der Waals surface area (Å²) in [7, 11) is 0. The van der Waals surface area contributed by atoms with Gasteiger partial charge in [0.15, 0.2) is 12.0 Å². The molecule has 0 saturated heterocycles. The van der Waals surface area contributed by atoms with E-state index in [4.69, 9.17) is 17.3 Å². The Balaban J connectivity index is 3.57. The molecule has 0 aliphatic heterocycles. The highest BCUT2D eigenvalue weighted by Crippen LogP contribution is 2.53. The number of nitrogens with two attached hydrogens (primary N) is 1. The zero-order valence-corrected chi connectivity index (χ0v) is 21.5. The van der Waals surface area contributed by atoms with E-state index < -0.39 is 51.7 Å². The fourth-order valence-corrected chi connectivity index (χ4v) is 8.40. The third-order valence-electron chi connectivity index (χ3n) is 3.79. The molecule has 3 unspecified atom stereocenters. The lowest BCUT2D eigenvalue weighted by Crippen LogP contribution is -2.52. The first-order valence-electron chi connectivity index (χ1n) is 7.56. The second-order valence-corrected chi connectivity index (χ2v) is 9.45. The minimum absolute atomic E-state index is 0.0885. The maximum Gasteiger partial charge on any atom is 0.303 e. The smallest absolute Gasteiger partial charge is 0.303 e. The topological polar surface area (TPSA) is 156 Å². The number of halogens is 4. The van der Waals surface area contributed by atoms with Crippen molar-refractivity contribution >= 4 is 102 Å². The van der Waals surface area contributed by atoms with Crippen LogP contribution in [-0.2, 0) is 23.9 Å². The zero-order valence-electron chi connectivity index (χ0n) is 14.3. The summed E-state index contributed by atoms with van der Waals surface area (Å²) < 4.78 is 4.32. The summed E-state index contributed by atoms with van der Waals surface area (Å²) >= 11 is 11.2. The largest absolute Gasteiger partial charge is 0.456 e. The number of esters is 1. The van der Waals surface area contributed by atoms with Crippen LogP contribution in [0.5, 0.6) is 0 Å². The lowest BCUT2D eigenvalue weighted by molar-refractivity contribution is -0.146. The molecule has 1 aliphatic rings. The Hall–Kier alpha value is -0.0400. The maximum atomic E-state index is 12.3. The van der Waals surface area contributed by atoms with Gasteiger partial charge in [-0.05, 0) is 68.8 Å². The van der Waals surface area contributed by atoms with Gasteiger partial charge in [0.1, 0.15) is 0 Å². The van der Waals surface area contributed by atoms with Crippen LogP contribution >= 0.6 is 79.4 Å². The number of primary amides is 1. The van der Waals surface area contributed by atoms with E-state index in [9.17, 15) is 29.4 Å². The van der Waals surface area contributed by atoms with E-state index in [2.05, 4.69) is 10.1 Å². The Kier molecular flexibility index (Phi) is 10.1. The van der Waals surface area contributed by atoms with E-state index in [1.807, 2.05) is 45.2 Å². The molecule has 0 spiro atoms. The molecule has 0 bridgehead atoms. The SMILES string of the molecule is CC(=O)OCC(=O)NC1=C(I)C(C(N)=O)(C(=O)Cl)C(I)C(CC(O)CO)=C1I. The number of alkyl halides is 1. The molecule has 156 valence electrons. The molecule has 0 aromatic carbocycles. The number of carbonyl (C=O) groups is 4. The first kappa shape index (κ1) is 26.0. The van der Waals surface area contributed by atoms with Crippen LogP contribution in [0.1, 0.15) is 13.3 Å². The van der Waals surface area contributed by atoms with Crippen LogP contribution in [0.3, 0.4) is 0 Å². The molecule has 0 fully saturated rings. The second-order valence-electron chi connectivity index (χ2n) is 5.71. The fraction of sp³-hybridized carbons (Fsp3) is 0.467. The van der Waals surface area contributed by atoms with Crippen LogP contribution in [0.2, 0.25) is 0 Å². The van der Waals surface area contributed by atoms with Gasteiger partial charge in [-0.1, -0.05) is 22.6 Å². The standard InChI is InChI=1S/C15H16ClI3N2O7/c1-5(23)28-4-8(25)21-10-9(17)7(2-6(24)3-22)11(18)15(12(10)19,13(16)26)14(20)27/h6,11,22,24H,2-4H2,1H3,(H2,20,27)(H,21,25). The van der Waals surface area contributed by atoms with Crippen molar-refractivity contribution < 1.29 is 34.1 Å². The minimum Gasteiger partial charge on any atom is -0.456 e. The third-order valence-corrected chi connectivity index (χ3v) is 8.40. The molecule has 0 saturated carbocycles. The van der Waals surface area contributed by atoms with Crippen LogP contribution in [0.15, 0.2) is 18.4 Å². The lowest BCUT2D eigenvalue weighted by atomic mass is 9.76. The minimum atomic E-state index is -1.98. The van der Waals surface area contributed by atoms with Gasteiger partial charge in [-0.3, -0.25) is 19.2 Å². The fourth-order valence-electron chi connectivity index (χ4n) is 2.42. The van der Waals surface area contributed by atoms with E-state index in [0.29, 0.717) is 9.15 Å². The van der Waals surface area contributed by atoms with Crippen LogP contribution < -0.4 is 11.1 Å². The van der Waals surface area contributed by atoms with Crippen molar-refractivity contribution in [2.75, 3.05) is 13.2 Å². The van der Waals surface area contributed by atoms with E-state index in [1.54, 1.807) is 22.6 Å². The molecule has 9 nitrogen and oxygen atoms in total. The number of aliphatic hydroxyl groups is 2. The molecule has 5 N–H and O–H groups in total. The van der Waals surface area contributed by atoms with Gasteiger partial charge < -0.3 is 26.0 Å². The van der Waals surface area contributed by atoms with E-state index in [-0.39, 0.29) is 15.7 Å². The first-order chi connectivity index (χ1) is 12.9. The third kappa shape index (κ3) is 5.35. The number of ether oxygens (including phenoxy) is 1. The Morgan fingerprint density at radius 2 is 1.93 bits per heavy atom. The summed E-state index contributed by atoms with van der Waals surface area (Å²) in [6.07, 6.45) is -1.25. The molecular formula is C15H16ClI3N2O7. The van der Waals surface area contributed by atoms with Gasteiger partial charge in [-0.15, -0.1) is 0 Å². The summed E-state index contributed by atoms with van der Waals surface area (Å²) in [6, 6.07) is 0. The number of nitrogens with one attached hydrogen (secondary N) is 1. The second kappa shape index (κ2) is 10.8. The lowest BCUT2D eigenvalue weighted by Gasteiger charge is -2.39. The molecule has 1 rings (SSSR count). The van der Waals surface area contributed by atoms with E-state index >= 15 is 0 Å². The van der Waals surface area contributed by atoms with Crippen molar-refractivity contribution in [3.05, 3.63) is 18.4 Å². The molecule has 0 heterocycles. The highest BCUT2D eigenvalue weighted by atomic mass is 127. The van der Waals surface area contributed by atoms with Crippen LogP contribution in [0.4, 0.5) is 0 Å². The average Bonchev–Trinajstić information content (AvgIpc) is 2.60. The molecule has 0 aromatic rings. The number of carbonyl (C=O) groups excluding carboxylic acids is 4. The number of hydrogen-bond acceptors (Lipinski definition) is 7. The van der Waals surface area contributed by atoms with Gasteiger partial charge >= 0.3 is 5.97 Å². The number of rotatable bonds is 8. The molecule has 28 heavy (non-hydrogen) atoms. The highest BCUT2D eigenvalue weighted by Gasteiger charge is 2.57. The van der Waals surface area contributed by atoms with Gasteiger partial charge in [0.25, 0.3) is 5.91 Å². The van der Waals surface area contributed by atoms with E-state index in [1.165, 1.54) is 0 Å². The summed E-state index contributed by atoms with van der Waals surface area (Å²) in [5, 5.41) is 20.5. The Labute approximate surface area is 206 Å². The van der Waals surface area contributed by atoms with Crippen molar-refractivity contribution in [2.24, 2.45) is 11.1 Å². The quantitative estimate of drug-likeness (QED) is 0.0941. The number of allylic oxidation sites excluding steroid dienone is 1. The molecule has 0 aromatic heterocycles. The molecule has 13 heteroatoms. The highest BCUT2D eigenvalue weighted by molar-refractivity contribution is 14.1. The predicted molar refractivity (Wildman–Crippen MR) is 125 cm³/mol. The maximum absolute atomic E-state index is 12.3. The Morgan fingerprint density at radius 1 is 1.36 bits per heavy atom. The average molecular weight is 752 g/mol. The summed E-state index contributed by atoms with van der Waals surface area (Å²) in [4.78, 5) is 47.7. The summed E-state index contributed by atoms with van der Waals surface area (Å²) in [5.41, 5.74) is 4.06. The van der Waals surface area contributed by atoms with Crippen molar-refractivity contribution in [3.8, 4) is 0 Å². The number of aliphatic hydroxyl groups excluding tert-OH is 2. The summed E-state index contributed by atoms with van der Waals surface area (Å²) in [6.45, 7) is 0.0113. The van der Waals surface area contributed by atoms with Crippen molar-refractivity contribution in [3.63, 3.8) is 0 Å². The van der Waals surface area contributed by atoms with Gasteiger partial charge in [0, 0.05) is 14.1 Å². The van der Waals surface area contributed by atoms with Crippen LogP contribution in [-0.4, -0.2) is 56.5 Å². The molecule has 3 atom stereocenters. The van der Waals surface area contributed by atoms with Crippen LogP contribution in [0.25, 0.3) is 0 Å². The predicted octanol–water partition coefficient (Wildman–Crippen LogP) is 0.799. The van der Waals surface area contributed by atoms with Crippen molar-refractivity contribution in [1.29, 1.82) is 0 Å². The number of hydrogen-bond donors (Lipinski definition) is 4. The van der Waals surface area contributed by atoms with E-state index in [0.717, 1.165) is 6.92 Å². The Morgan fingerprint density at radius 3 is 2.36 bits per heavy atom. The molecule has 2 amide bonds. The van der Waals surface area contributed by atoms with Gasteiger partial charge in [0.05, 0.1) is 22.3 Å². The van der Waals surface area contributed by atoms with Crippen LogP contribution in [0, 0.1) is 5.41 Å². The van der Waals surface area contributed by atoms with Gasteiger partial charge in [-0.2, -0.15) is 0 Å². The number of amides is 2. The Bertz CT molecular complexity index is 755. The molecule has 1 aliphatic carbocycles. The summed E-state index contributed by atoms with van der Waals surface area (Å²) in [5.74, 6) is -2.39. The first-order valence-corrected chi connectivity index (χ1v) is 11.3.